The van der Waals surface area contributed by atoms with Gasteiger partial charge in [-0.3, -0.25) is 0 Å². The number of aromatic nitrogens is 1. The van der Waals surface area contributed by atoms with Gasteiger partial charge in [-0.1, -0.05) is 5.92 Å². The van der Waals surface area contributed by atoms with Gasteiger partial charge in [-0.05, 0) is 6.42 Å². The summed E-state index contributed by atoms with van der Waals surface area (Å²) in [5.74, 6) is 6.82. The molecule has 1 aromatic rings. The zero-order valence-electron chi connectivity index (χ0n) is 9.99. The molecule has 4 nitrogen and oxygen atoms in total. The van der Waals surface area contributed by atoms with Gasteiger partial charge in [-0.15, -0.1) is 0 Å². The first-order valence-electron chi connectivity index (χ1n) is 5.87. The molecule has 2 heterocycles. The van der Waals surface area contributed by atoms with Crippen LogP contribution < -0.4 is 4.57 Å². The third-order valence-electron chi connectivity index (χ3n) is 2.76. The summed E-state index contributed by atoms with van der Waals surface area (Å²) in [7, 11) is 1.33. The van der Waals surface area contributed by atoms with E-state index in [9.17, 15) is 4.79 Å². The van der Waals surface area contributed by atoms with Crippen molar-refractivity contribution in [2.75, 3.05) is 7.11 Å². The van der Waals surface area contributed by atoms with Crippen molar-refractivity contribution in [1.82, 2.24) is 0 Å². The number of oxazole rings is 1. The molecule has 4 heteroatoms. The van der Waals surface area contributed by atoms with E-state index in [-0.39, 0.29) is 0 Å². The number of aryl methyl sites for hydroxylation is 3. The molecule has 17 heavy (non-hydrogen) atoms. The molecular weight excluding hydrogens is 218 g/mol. The van der Waals surface area contributed by atoms with Gasteiger partial charge in [0.1, 0.15) is 0 Å². The van der Waals surface area contributed by atoms with E-state index in [4.69, 9.17) is 4.42 Å². The van der Waals surface area contributed by atoms with Crippen LogP contribution in [0.3, 0.4) is 0 Å². The molecule has 90 valence electrons. The molecule has 1 aromatic heterocycles. The highest BCUT2D eigenvalue weighted by Crippen LogP contribution is 2.12. The van der Waals surface area contributed by atoms with E-state index in [0.29, 0.717) is 6.42 Å². The normalized spacial score (nSPS) is 12.8. The van der Waals surface area contributed by atoms with Crippen LogP contribution in [0.2, 0.25) is 0 Å². The maximum Gasteiger partial charge on any atom is 0.384 e. The zero-order chi connectivity index (χ0) is 12.1. The summed E-state index contributed by atoms with van der Waals surface area (Å²) in [5, 5.41) is 0. The zero-order valence-corrected chi connectivity index (χ0v) is 9.99. The molecule has 0 aliphatic carbocycles. The Morgan fingerprint density at radius 2 is 2.53 bits per heavy atom. The predicted molar refractivity (Wildman–Crippen MR) is 60.0 cm³/mol. The molecule has 0 unspecified atom stereocenters. The Morgan fingerprint density at radius 3 is 3.29 bits per heavy atom. The van der Waals surface area contributed by atoms with E-state index in [2.05, 4.69) is 27.3 Å². The third kappa shape index (κ3) is 3.10. The van der Waals surface area contributed by atoms with Gasteiger partial charge in [0.15, 0.2) is 12.3 Å². The lowest BCUT2D eigenvalue weighted by Gasteiger charge is -1.89. The number of esters is 1. The fraction of sp³-hybridized carbons (Fsp3) is 0.538. The first-order chi connectivity index (χ1) is 8.29. The lowest BCUT2D eigenvalue weighted by molar-refractivity contribution is -0.693. The Bertz CT molecular complexity index is 443. The van der Waals surface area contributed by atoms with Gasteiger partial charge in [0.25, 0.3) is 0 Å². The highest BCUT2D eigenvalue weighted by atomic mass is 16.5. The van der Waals surface area contributed by atoms with E-state index in [1.165, 1.54) is 13.5 Å². The van der Waals surface area contributed by atoms with Gasteiger partial charge in [0.05, 0.1) is 13.5 Å². The number of carbonyl (C=O) groups excluding carboxylic acids is 1. The summed E-state index contributed by atoms with van der Waals surface area (Å²) in [4.78, 5) is 10.7. The van der Waals surface area contributed by atoms with Crippen LogP contribution in [0.15, 0.2) is 10.6 Å². The minimum atomic E-state index is -0.475. The third-order valence-corrected chi connectivity index (χ3v) is 2.76. The molecule has 2 rings (SSSR count). The summed E-state index contributed by atoms with van der Waals surface area (Å²) < 4.78 is 12.3. The lowest BCUT2D eigenvalue weighted by atomic mass is 10.2. The fourth-order valence-corrected chi connectivity index (χ4v) is 1.92. The summed E-state index contributed by atoms with van der Waals surface area (Å²) >= 11 is 0. The second-order valence-electron chi connectivity index (χ2n) is 4.04. The van der Waals surface area contributed by atoms with Gasteiger partial charge in [0, 0.05) is 25.2 Å². The summed E-state index contributed by atoms with van der Waals surface area (Å²) in [6.45, 7) is 1.07. The Kier molecular flexibility index (Phi) is 3.81. The Hall–Kier alpha value is -1.76. The Morgan fingerprint density at radius 1 is 1.65 bits per heavy atom. The van der Waals surface area contributed by atoms with Crippen molar-refractivity contribution in [3.63, 3.8) is 0 Å². The Labute approximate surface area is 101 Å². The summed E-state index contributed by atoms with van der Waals surface area (Å²) in [6, 6.07) is 0. The van der Waals surface area contributed by atoms with E-state index >= 15 is 0 Å². The number of unbranched alkanes of at least 4 members (excludes halogenated alkanes) is 1. The SMILES string of the molecule is COC(=O)C#CCCCc1c[n+]2c(o1)CCC2. The van der Waals surface area contributed by atoms with Gasteiger partial charge < -0.3 is 9.15 Å². The average molecular weight is 234 g/mol. The number of rotatable bonds is 3. The fourth-order valence-electron chi connectivity index (χ4n) is 1.92. The summed E-state index contributed by atoms with van der Waals surface area (Å²) in [5.41, 5.74) is 0. The minimum absolute atomic E-state index is 0.475. The van der Waals surface area contributed by atoms with Crippen molar-refractivity contribution < 1.29 is 18.5 Å². The van der Waals surface area contributed by atoms with Crippen LogP contribution in [0.1, 0.15) is 30.9 Å². The number of carbonyl (C=O) groups is 1. The molecule has 0 bridgehead atoms. The standard InChI is InChI=1S/C13H16NO3/c1-16-13(15)8-4-2-3-6-11-10-14-9-5-7-12(14)17-11/h10H,2-3,5-7,9H2,1H3/q+1. The van der Waals surface area contributed by atoms with E-state index in [0.717, 1.165) is 37.5 Å². The molecule has 0 aromatic carbocycles. The van der Waals surface area contributed by atoms with Crippen LogP contribution >= 0.6 is 0 Å². The van der Waals surface area contributed by atoms with Crippen LogP contribution in [-0.2, 0) is 28.9 Å². The number of methoxy groups -OCH3 is 1. The van der Waals surface area contributed by atoms with Gasteiger partial charge in [-0.2, -0.15) is 4.57 Å². The molecule has 0 saturated carbocycles. The molecule has 0 amide bonds. The molecule has 0 fully saturated rings. The smallest absolute Gasteiger partial charge is 0.384 e. The number of hydrogen-bond acceptors (Lipinski definition) is 3. The number of hydrogen-bond donors (Lipinski definition) is 0. The predicted octanol–water partition coefficient (Wildman–Crippen LogP) is 1.01. The number of fused-ring (bicyclic) bond motifs is 1. The minimum Gasteiger partial charge on any atom is -0.459 e. The van der Waals surface area contributed by atoms with Gasteiger partial charge >= 0.3 is 11.9 Å². The quantitative estimate of drug-likeness (QED) is 0.258. The van der Waals surface area contributed by atoms with Crippen molar-refractivity contribution in [2.45, 2.75) is 38.6 Å². The van der Waals surface area contributed by atoms with Gasteiger partial charge in [-0.25, -0.2) is 4.79 Å². The van der Waals surface area contributed by atoms with Crippen molar-refractivity contribution in [2.24, 2.45) is 0 Å². The van der Waals surface area contributed by atoms with E-state index in [1.807, 2.05) is 0 Å². The van der Waals surface area contributed by atoms with Crippen LogP contribution in [0.5, 0.6) is 0 Å². The number of ether oxygens (including phenoxy) is 1. The monoisotopic (exact) mass is 234 g/mol. The second-order valence-corrected chi connectivity index (χ2v) is 4.04. The van der Waals surface area contributed by atoms with Crippen molar-refractivity contribution in [3.8, 4) is 11.8 Å². The van der Waals surface area contributed by atoms with Gasteiger partial charge in [0.2, 0.25) is 6.20 Å². The van der Waals surface area contributed by atoms with E-state index < -0.39 is 5.97 Å². The first kappa shape index (κ1) is 11.7. The van der Waals surface area contributed by atoms with E-state index in [1.54, 1.807) is 0 Å². The topological polar surface area (TPSA) is 43.3 Å². The van der Waals surface area contributed by atoms with Crippen LogP contribution in [0.25, 0.3) is 0 Å². The molecule has 0 atom stereocenters. The lowest BCUT2D eigenvalue weighted by Crippen LogP contribution is -2.29. The molecule has 0 saturated heterocycles. The molecule has 0 spiro atoms. The van der Waals surface area contributed by atoms with Crippen LogP contribution in [0.4, 0.5) is 0 Å². The van der Waals surface area contributed by atoms with Crippen LogP contribution in [0, 0.1) is 11.8 Å². The van der Waals surface area contributed by atoms with Crippen molar-refractivity contribution in [3.05, 3.63) is 17.8 Å². The van der Waals surface area contributed by atoms with Crippen molar-refractivity contribution in [1.29, 1.82) is 0 Å². The summed E-state index contributed by atoms with van der Waals surface area (Å²) in [6.07, 6.45) is 6.76. The molecular formula is C13H16NO3+. The average Bonchev–Trinajstić information content (AvgIpc) is 2.88. The maximum absolute atomic E-state index is 10.7. The molecule has 1 aliphatic rings. The highest BCUT2D eigenvalue weighted by molar-refractivity contribution is 5.88. The second kappa shape index (κ2) is 5.53. The van der Waals surface area contributed by atoms with Crippen LogP contribution in [-0.4, -0.2) is 13.1 Å². The molecule has 0 N–H and O–H groups in total. The highest BCUT2D eigenvalue weighted by Gasteiger charge is 2.24. The number of nitrogens with zero attached hydrogens (tertiary/aromatic N) is 1. The van der Waals surface area contributed by atoms with Crippen molar-refractivity contribution >= 4 is 5.97 Å². The first-order valence-corrected chi connectivity index (χ1v) is 5.87. The largest absolute Gasteiger partial charge is 0.459 e. The molecule has 0 radical (unpaired) electrons. The Balaban J connectivity index is 1.74. The maximum atomic E-state index is 10.7. The molecule has 1 aliphatic heterocycles.